The lowest BCUT2D eigenvalue weighted by Gasteiger charge is -2.27. The maximum Gasteiger partial charge on any atom is 0.429 e. The molecule has 1 fully saturated rings. The van der Waals surface area contributed by atoms with Crippen molar-refractivity contribution in [1.29, 1.82) is 0 Å². The van der Waals surface area contributed by atoms with Gasteiger partial charge in [0, 0.05) is 6.08 Å². The van der Waals surface area contributed by atoms with Crippen molar-refractivity contribution in [3.63, 3.8) is 0 Å². The molecule has 0 amide bonds. The van der Waals surface area contributed by atoms with E-state index >= 15 is 0 Å². The number of ketones is 1. The number of ether oxygens (including phenoxy) is 3. The third-order valence-corrected chi connectivity index (χ3v) is 5.62. The van der Waals surface area contributed by atoms with Crippen LogP contribution in [-0.2, 0) is 9.16 Å². The van der Waals surface area contributed by atoms with E-state index in [2.05, 4.69) is 12.2 Å². The summed E-state index contributed by atoms with van der Waals surface area (Å²) < 4.78 is 23.2. The Bertz CT molecular complexity index is 989. The van der Waals surface area contributed by atoms with E-state index in [0.29, 0.717) is 0 Å². The number of hydrogen-bond donors (Lipinski definition) is 0. The van der Waals surface area contributed by atoms with Gasteiger partial charge in [0.15, 0.2) is 0 Å². The van der Waals surface area contributed by atoms with Crippen molar-refractivity contribution in [2.24, 2.45) is 0 Å². The monoisotopic (exact) mass is 417 g/mol. The van der Waals surface area contributed by atoms with Crippen LogP contribution in [0.2, 0.25) is 0 Å². The molecule has 4 heteroatoms. The van der Waals surface area contributed by atoms with Gasteiger partial charge in [-0.1, -0.05) is 36.8 Å². The molecule has 1 aliphatic carbocycles. The molecule has 31 heavy (non-hydrogen) atoms. The second-order valence-corrected chi connectivity index (χ2v) is 7.84. The highest BCUT2D eigenvalue weighted by atomic mass is 16.7. The maximum atomic E-state index is 6.35. The molecule has 2 aromatic carbocycles. The molecule has 4 nitrogen and oxygen atoms in total. The lowest BCUT2D eigenvalue weighted by molar-refractivity contribution is -0.621. The number of carbonyl (C=O) groups excluding carboxylic acids is 1. The summed E-state index contributed by atoms with van der Waals surface area (Å²) >= 11 is 0. The third-order valence-electron chi connectivity index (χ3n) is 5.62. The van der Waals surface area contributed by atoms with E-state index in [1.165, 1.54) is 6.42 Å². The average molecular weight is 418 g/mol. The van der Waals surface area contributed by atoms with E-state index in [4.69, 9.17) is 18.6 Å². The quantitative estimate of drug-likeness (QED) is 0.420. The lowest BCUT2D eigenvalue weighted by Crippen LogP contribution is -2.39. The Morgan fingerprint density at radius 2 is 1.29 bits per heavy atom. The molecule has 0 N–H and O–H groups in total. The fourth-order valence-corrected chi connectivity index (χ4v) is 3.90. The molecule has 0 unspecified atom stereocenters. The van der Waals surface area contributed by atoms with Gasteiger partial charge < -0.3 is 14.2 Å². The normalized spacial score (nSPS) is 18.0. The van der Waals surface area contributed by atoms with E-state index in [0.717, 1.165) is 59.9 Å². The number of rotatable bonds is 6. The number of benzene rings is 2. The number of hydrogen-bond acceptors (Lipinski definition) is 3. The highest BCUT2D eigenvalue weighted by Crippen LogP contribution is 2.35. The van der Waals surface area contributed by atoms with Crippen LogP contribution >= 0.6 is 0 Å². The van der Waals surface area contributed by atoms with Gasteiger partial charge in [-0.2, -0.15) is 0 Å². The molecule has 1 aliphatic heterocycles. The summed E-state index contributed by atoms with van der Waals surface area (Å²) in [4.78, 5) is 0. The number of methoxy groups -OCH3 is 2. The van der Waals surface area contributed by atoms with Crippen molar-refractivity contribution >= 4 is 17.9 Å². The summed E-state index contributed by atoms with van der Waals surface area (Å²) in [5.74, 6) is 2.77. The maximum absolute atomic E-state index is 6.35. The van der Waals surface area contributed by atoms with Gasteiger partial charge in [-0.3, -0.25) is 0 Å². The fraction of sp³-hybridized carbons (Fsp3) is 0.296. The van der Waals surface area contributed by atoms with Gasteiger partial charge in [-0.15, -0.1) is 0 Å². The molecule has 1 saturated carbocycles. The molecule has 1 heterocycles. The standard InChI is InChI=1S/C27H29O4/c1-28-23-12-6-21(7-13-23)10-16-25-20-26(31-27(30-25)18-4-3-5-19-27)17-11-22-8-14-24(29-2)15-9-22/h6-17,20H,3-5,18-19H2,1-2H3/q+1. The Hall–Kier alpha value is -3.27. The summed E-state index contributed by atoms with van der Waals surface area (Å²) in [6.45, 7) is 0. The Morgan fingerprint density at radius 1 is 0.742 bits per heavy atom. The minimum Gasteiger partial charge on any atom is -0.497 e. The third kappa shape index (κ3) is 5.46. The Morgan fingerprint density at radius 3 is 1.84 bits per heavy atom. The molecule has 0 saturated heterocycles. The van der Waals surface area contributed by atoms with Crippen LogP contribution in [0.4, 0.5) is 0 Å². The summed E-state index contributed by atoms with van der Waals surface area (Å²) in [7, 11) is 3.35. The first kappa shape index (κ1) is 21.0. The number of allylic oxidation sites excluding steroid dienone is 3. The van der Waals surface area contributed by atoms with Crippen LogP contribution in [0.15, 0.2) is 72.5 Å². The Balaban J connectivity index is 1.56. The molecule has 4 rings (SSSR count). The van der Waals surface area contributed by atoms with Crippen molar-refractivity contribution in [1.82, 2.24) is 0 Å². The zero-order valence-corrected chi connectivity index (χ0v) is 18.2. The zero-order chi connectivity index (χ0) is 21.5. The first-order valence-electron chi connectivity index (χ1n) is 10.8. The van der Waals surface area contributed by atoms with Gasteiger partial charge in [-0.25, -0.2) is 4.42 Å². The van der Waals surface area contributed by atoms with Crippen molar-refractivity contribution in [2.75, 3.05) is 14.2 Å². The first-order valence-corrected chi connectivity index (χ1v) is 10.8. The topological polar surface area (TPSA) is 39.0 Å². The van der Waals surface area contributed by atoms with Gasteiger partial charge in [0.25, 0.3) is 0 Å². The average Bonchev–Trinajstić information content (AvgIpc) is 2.82. The highest BCUT2D eigenvalue weighted by molar-refractivity contribution is 6.03. The smallest absolute Gasteiger partial charge is 0.429 e. The molecule has 0 radical (unpaired) electrons. The zero-order valence-electron chi connectivity index (χ0n) is 18.2. The Labute approximate surface area is 184 Å². The second-order valence-electron chi connectivity index (χ2n) is 7.84. The molecule has 1 spiro atoms. The summed E-state index contributed by atoms with van der Waals surface area (Å²) in [5, 5.41) is 0. The van der Waals surface area contributed by atoms with E-state index in [-0.39, 0.29) is 0 Å². The van der Waals surface area contributed by atoms with Crippen LogP contribution < -0.4 is 9.47 Å². The second kappa shape index (κ2) is 9.69. The van der Waals surface area contributed by atoms with E-state index in [9.17, 15) is 0 Å². The Kier molecular flexibility index (Phi) is 6.56. The molecule has 0 bridgehead atoms. The summed E-state index contributed by atoms with van der Waals surface area (Å²) in [6, 6.07) is 15.9. The SMILES string of the molecule is COc1ccc(C=CC2=CC(C=Cc3ccc(OC)cc3)=[O+]C3(CCCCC3)O2)cc1. The van der Waals surface area contributed by atoms with Crippen molar-refractivity contribution < 1.29 is 18.6 Å². The van der Waals surface area contributed by atoms with Gasteiger partial charge in [0.2, 0.25) is 0 Å². The van der Waals surface area contributed by atoms with Crippen LogP contribution in [0.1, 0.15) is 43.2 Å². The minimum atomic E-state index is -0.563. The highest BCUT2D eigenvalue weighted by Gasteiger charge is 2.48. The van der Waals surface area contributed by atoms with Gasteiger partial charge >= 0.3 is 11.6 Å². The predicted octanol–water partition coefficient (Wildman–Crippen LogP) is 6.11. The van der Waals surface area contributed by atoms with Crippen LogP contribution in [0, 0.1) is 0 Å². The summed E-state index contributed by atoms with van der Waals surface area (Å²) in [6.07, 6.45) is 15.4. The van der Waals surface area contributed by atoms with Crippen molar-refractivity contribution in [3.8, 4) is 11.5 Å². The fourth-order valence-electron chi connectivity index (χ4n) is 3.90. The van der Waals surface area contributed by atoms with Crippen LogP contribution in [0.25, 0.3) is 12.2 Å². The molecular weight excluding hydrogens is 388 g/mol. The first-order chi connectivity index (χ1) is 15.2. The molecule has 0 aromatic heterocycles. The van der Waals surface area contributed by atoms with Crippen LogP contribution in [-0.4, -0.2) is 25.8 Å². The van der Waals surface area contributed by atoms with E-state index in [1.54, 1.807) is 14.2 Å². The molecule has 160 valence electrons. The summed E-state index contributed by atoms with van der Waals surface area (Å²) in [5.41, 5.74) is 2.18. The molecule has 0 atom stereocenters. The molecular formula is C27H29O4+. The molecule has 2 aromatic rings. The van der Waals surface area contributed by atoms with Crippen LogP contribution in [0.5, 0.6) is 11.5 Å². The van der Waals surface area contributed by atoms with Gasteiger partial charge in [-0.05, 0) is 60.4 Å². The lowest BCUT2D eigenvalue weighted by atomic mass is 9.93. The molecule has 2 aliphatic rings. The van der Waals surface area contributed by atoms with Crippen LogP contribution in [0.3, 0.4) is 0 Å². The predicted molar refractivity (Wildman–Crippen MR) is 124 cm³/mol. The van der Waals surface area contributed by atoms with Crippen molar-refractivity contribution in [3.05, 3.63) is 83.6 Å². The van der Waals surface area contributed by atoms with Gasteiger partial charge in [0.05, 0.1) is 33.1 Å². The largest absolute Gasteiger partial charge is 0.497 e. The van der Waals surface area contributed by atoms with Crippen molar-refractivity contribution in [2.45, 2.75) is 37.9 Å². The van der Waals surface area contributed by atoms with E-state index in [1.807, 2.05) is 66.8 Å². The van der Waals surface area contributed by atoms with E-state index < -0.39 is 5.79 Å². The van der Waals surface area contributed by atoms with Gasteiger partial charge in [0.1, 0.15) is 17.3 Å². The minimum absolute atomic E-state index is 0.563.